The predicted molar refractivity (Wildman–Crippen MR) is 80.9 cm³/mol. The third-order valence-corrected chi connectivity index (χ3v) is 4.08. The molecule has 2 rings (SSSR count). The number of nitrogens with zero attached hydrogens (tertiary/aromatic N) is 1. The number of hydrogen-bond donors (Lipinski definition) is 1. The van der Waals surface area contributed by atoms with E-state index in [0.29, 0.717) is 6.04 Å². The lowest BCUT2D eigenvalue weighted by Gasteiger charge is -2.15. The molecule has 0 saturated heterocycles. The van der Waals surface area contributed by atoms with Gasteiger partial charge in [-0.3, -0.25) is 0 Å². The van der Waals surface area contributed by atoms with E-state index in [1.165, 1.54) is 5.39 Å². The maximum Gasteiger partial charge on any atom is 0.134 e. The summed E-state index contributed by atoms with van der Waals surface area (Å²) >= 11 is 5.41. The molecule has 1 unspecified atom stereocenters. The van der Waals surface area contributed by atoms with Gasteiger partial charge in [-0.05, 0) is 25.3 Å². The molecule has 0 aliphatic heterocycles. The minimum Gasteiger partial charge on any atom is -0.366 e. The first-order valence-electron chi connectivity index (χ1n) is 5.51. The van der Waals surface area contributed by atoms with Crippen molar-refractivity contribution < 1.29 is 0 Å². The van der Waals surface area contributed by atoms with E-state index in [2.05, 4.69) is 51.5 Å². The summed E-state index contributed by atoms with van der Waals surface area (Å²) in [6.07, 6.45) is 3.96. The Bertz CT molecular complexity index is 516. The minimum atomic E-state index is 0.419. The summed E-state index contributed by atoms with van der Waals surface area (Å²) in [5.41, 5.74) is 0. The largest absolute Gasteiger partial charge is 0.366 e. The van der Waals surface area contributed by atoms with Gasteiger partial charge in [0.2, 0.25) is 0 Å². The quantitative estimate of drug-likeness (QED) is 0.918. The van der Waals surface area contributed by atoms with Crippen LogP contribution in [0.2, 0.25) is 0 Å². The van der Waals surface area contributed by atoms with Crippen molar-refractivity contribution >= 4 is 44.3 Å². The van der Waals surface area contributed by atoms with Crippen LogP contribution >= 0.6 is 27.7 Å². The summed E-state index contributed by atoms with van der Waals surface area (Å²) in [5.74, 6) is 2.04. The van der Waals surface area contributed by atoms with Crippen LogP contribution in [0.3, 0.4) is 0 Å². The van der Waals surface area contributed by atoms with E-state index >= 15 is 0 Å². The van der Waals surface area contributed by atoms with Crippen molar-refractivity contribution in [1.82, 2.24) is 4.98 Å². The molecule has 2 aromatic rings. The first-order valence-corrected chi connectivity index (χ1v) is 7.69. The topological polar surface area (TPSA) is 24.9 Å². The average Bonchev–Trinajstić information content (AvgIpc) is 2.31. The first kappa shape index (κ1) is 12.7. The third-order valence-electron chi connectivity index (χ3n) is 2.55. The molecule has 0 radical (unpaired) electrons. The highest BCUT2D eigenvalue weighted by Crippen LogP contribution is 2.27. The molecule has 0 bridgehead atoms. The van der Waals surface area contributed by atoms with Crippen molar-refractivity contribution in [1.29, 1.82) is 0 Å². The fourth-order valence-electron chi connectivity index (χ4n) is 1.81. The number of pyridine rings is 1. The number of nitrogens with one attached hydrogen (secondary N) is 1. The van der Waals surface area contributed by atoms with Gasteiger partial charge in [-0.2, -0.15) is 11.8 Å². The van der Waals surface area contributed by atoms with Crippen molar-refractivity contribution in [3.05, 3.63) is 34.9 Å². The van der Waals surface area contributed by atoms with E-state index in [-0.39, 0.29) is 0 Å². The normalized spacial score (nSPS) is 12.6. The summed E-state index contributed by atoms with van der Waals surface area (Å²) in [5, 5.41) is 5.82. The summed E-state index contributed by atoms with van der Waals surface area (Å²) in [4.78, 5) is 4.43. The Balaban J connectivity index is 2.37. The van der Waals surface area contributed by atoms with Crippen molar-refractivity contribution in [2.75, 3.05) is 17.3 Å². The number of fused-ring (bicyclic) bond motifs is 1. The van der Waals surface area contributed by atoms with E-state index in [1.54, 1.807) is 0 Å². The zero-order chi connectivity index (χ0) is 12.3. The smallest absolute Gasteiger partial charge is 0.134 e. The van der Waals surface area contributed by atoms with Gasteiger partial charge in [0.05, 0.1) is 0 Å². The number of rotatable bonds is 4. The Morgan fingerprint density at radius 3 is 2.94 bits per heavy atom. The second kappa shape index (κ2) is 5.74. The molecule has 0 spiro atoms. The van der Waals surface area contributed by atoms with E-state index in [0.717, 1.165) is 21.4 Å². The number of thioether (sulfide) groups is 1. The minimum absolute atomic E-state index is 0.419. The first-order chi connectivity index (χ1) is 8.22. The SMILES string of the molecule is CSCC(C)Nc1nccc2c(Br)cccc12. The van der Waals surface area contributed by atoms with Gasteiger partial charge in [-0.15, -0.1) is 0 Å². The van der Waals surface area contributed by atoms with Gasteiger partial charge in [0.15, 0.2) is 0 Å². The van der Waals surface area contributed by atoms with Crippen molar-refractivity contribution in [2.45, 2.75) is 13.0 Å². The molecule has 2 nitrogen and oxygen atoms in total. The summed E-state index contributed by atoms with van der Waals surface area (Å²) in [6, 6.07) is 8.64. The molecule has 0 aliphatic carbocycles. The number of benzene rings is 1. The average molecular weight is 311 g/mol. The van der Waals surface area contributed by atoms with E-state index < -0.39 is 0 Å². The predicted octanol–water partition coefficient (Wildman–Crippen LogP) is 4.16. The molecule has 0 saturated carbocycles. The number of hydrogen-bond acceptors (Lipinski definition) is 3. The number of aromatic nitrogens is 1. The van der Waals surface area contributed by atoms with Gasteiger partial charge in [-0.1, -0.05) is 28.1 Å². The molecule has 17 heavy (non-hydrogen) atoms. The van der Waals surface area contributed by atoms with E-state index in [9.17, 15) is 0 Å². The van der Waals surface area contributed by atoms with Crippen LogP contribution in [0.15, 0.2) is 34.9 Å². The molecule has 1 N–H and O–H groups in total. The Morgan fingerprint density at radius 2 is 2.18 bits per heavy atom. The highest BCUT2D eigenvalue weighted by atomic mass is 79.9. The van der Waals surface area contributed by atoms with Crippen LogP contribution < -0.4 is 5.32 Å². The maximum atomic E-state index is 4.43. The van der Waals surface area contributed by atoms with Crippen LogP contribution in [0.1, 0.15) is 6.92 Å². The van der Waals surface area contributed by atoms with Gasteiger partial charge in [-0.25, -0.2) is 4.98 Å². The lowest BCUT2D eigenvalue weighted by atomic mass is 10.1. The molecule has 1 aromatic heterocycles. The summed E-state index contributed by atoms with van der Waals surface area (Å²) in [6.45, 7) is 2.18. The zero-order valence-corrected chi connectivity index (χ0v) is 12.3. The van der Waals surface area contributed by atoms with Gasteiger partial charge < -0.3 is 5.32 Å². The van der Waals surface area contributed by atoms with Crippen LogP contribution in [-0.2, 0) is 0 Å². The molecule has 4 heteroatoms. The molecular formula is C13H15BrN2S. The number of halogens is 1. The van der Waals surface area contributed by atoms with E-state index in [1.807, 2.05) is 30.1 Å². The monoisotopic (exact) mass is 310 g/mol. The van der Waals surface area contributed by atoms with Crippen molar-refractivity contribution in [3.8, 4) is 0 Å². The Morgan fingerprint density at radius 1 is 1.35 bits per heavy atom. The van der Waals surface area contributed by atoms with Crippen LogP contribution in [-0.4, -0.2) is 23.0 Å². The standard InChI is InChI=1S/C13H15BrN2S/c1-9(8-17-2)16-13-11-4-3-5-12(14)10(11)6-7-15-13/h3-7,9H,8H2,1-2H3,(H,15,16). The molecule has 1 atom stereocenters. The zero-order valence-electron chi connectivity index (χ0n) is 9.90. The van der Waals surface area contributed by atoms with E-state index in [4.69, 9.17) is 0 Å². The Kier molecular flexibility index (Phi) is 4.29. The van der Waals surface area contributed by atoms with Crippen LogP contribution in [0.5, 0.6) is 0 Å². The fourth-order valence-corrected chi connectivity index (χ4v) is 2.89. The molecular weight excluding hydrogens is 296 g/mol. The lowest BCUT2D eigenvalue weighted by molar-refractivity contribution is 0.906. The van der Waals surface area contributed by atoms with Gasteiger partial charge in [0.25, 0.3) is 0 Å². The lowest BCUT2D eigenvalue weighted by Crippen LogP contribution is -2.18. The van der Waals surface area contributed by atoms with Gasteiger partial charge in [0, 0.05) is 33.2 Å². The van der Waals surface area contributed by atoms with Crippen LogP contribution in [0.25, 0.3) is 10.8 Å². The molecule has 0 aliphatic rings. The fraction of sp³-hybridized carbons (Fsp3) is 0.308. The highest BCUT2D eigenvalue weighted by Gasteiger charge is 2.07. The van der Waals surface area contributed by atoms with Gasteiger partial charge >= 0.3 is 0 Å². The maximum absolute atomic E-state index is 4.43. The van der Waals surface area contributed by atoms with Crippen LogP contribution in [0.4, 0.5) is 5.82 Å². The van der Waals surface area contributed by atoms with Crippen LogP contribution in [0, 0.1) is 0 Å². The Labute approximate surface area is 114 Å². The summed E-state index contributed by atoms with van der Waals surface area (Å²) < 4.78 is 1.11. The highest BCUT2D eigenvalue weighted by molar-refractivity contribution is 9.10. The van der Waals surface area contributed by atoms with Gasteiger partial charge in [0.1, 0.15) is 5.82 Å². The van der Waals surface area contributed by atoms with Crippen molar-refractivity contribution in [2.24, 2.45) is 0 Å². The third kappa shape index (κ3) is 2.93. The van der Waals surface area contributed by atoms with Crippen molar-refractivity contribution in [3.63, 3.8) is 0 Å². The molecule has 0 amide bonds. The second-order valence-electron chi connectivity index (χ2n) is 4.00. The summed E-state index contributed by atoms with van der Waals surface area (Å²) in [7, 11) is 0. The second-order valence-corrected chi connectivity index (χ2v) is 5.76. The molecule has 1 aromatic carbocycles. The molecule has 90 valence electrons. The molecule has 0 fully saturated rings. The Hall–Kier alpha value is -0.740. The number of anilines is 1. The molecule has 1 heterocycles.